The van der Waals surface area contributed by atoms with Crippen LogP contribution in [0, 0.1) is 11.3 Å². The summed E-state index contributed by atoms with van der Waals surface area (Å²) in [6.45, 7) is 3.17. The van der Waals surface area contributed by atoms with E-state index in [4.69, 9.17) is 5.26 Å². The van der Waals surface area contributed by atoms with Crippen LogP contribution in [0.1, 0.15) is 32.6 Å². The van der Waals surface area contributed by atoms with Gasteiger partial charge < -0.3 is 0 Å². The van der Waals surface area contributed by atoms with Crippen LogP contribution in [0.4, 0.5) is 0 Å². The van der Waals surface area contributed by atoms with E-state index in [9.17, 15) is 8.42 Å². The molecule has 1 atom stereocenters. The minimum atomic E-state index is -3.51. The van der Waals surface area contributed by atoms with E-state index in [1.54, 1.807) is 18.0 Å². The van der Waals surface area contributed by atoms with Crippen molar-refractivity contribution in [2.75, 3.05) is 13.1 Å². The molecular formula is C9H17N3O2S. The summed E-state index contributed by atoms with van der Waals surface area (Å²) in [6, 6.07) is 1.80. The van der Waals surface area contributed by atoms with Gasteiger partial charge in [-0.1, -0.05) is 13.3 Å². The van der Waals surface area contributed by atoms with Gasteiger partial charge >= 0.3 is 0 Å². The summed E-state index contributed by atoms with van der Waals surface area (Å²) < 4.78 is 23.4. The van der Waals surface area contributed by atoms with Gasteiger partial charge in [0, 0.05) is 13.1 Å². The number of nitrogens with zero attached hydrogens (tertiary/aromatic N) is 2. The molecule has 6 heteroatoms. The van der Waals surface area contributed by atoms with E-state index in [1.165, 1.54) is 0 Å². The van der Waals surface area contributed by atoms with Crippen LogP contribution in [0.15, 0.2) is 0 Å². The molecule has 1 saturated heterocycles. The molecule has 1 unspecified atom stereocenters. The summed E-state index contributed by atoms with van der Waals surface area (Å²) in [5.74, 6) is 0. The molecule has 0 spiro atoms. The predicted octanol–water partition coefficient (Wildman–Crippen LogP) is 0.609. The molecule has 86 valence electrons. The summed E-state index contributed by atoms with van der Waals surface area (Å²) >= 11 is 0. The molecule has 0 aromatic carbocycles. The maximum atomic E-state index is 11.7. The van der Waals surface area contributed by atoms with Gasteiger partial charge in [-0.05, 0) is 19.3 Å². The Labute approximate surface area is 91.1 Å². The van der Waals surface area contributed by atoms with Gasteiger partial charge in [0.1, 0.15) is 0 Å². The summed E-state index contributed by atoms with van der Waals surface area (Å²) in [4.78, 5) is 2.48. The highest BCUT2D eigenvalue weighted by molar-refractivity contribution is 7.90. The van der Waals surface area contributed by atoms with Gasteiger partial charge in [0.15, 0.2) is 5.25 Å². The lowest BCUT2D eigenvalue weighted by Gasteiger charge is -2.27. The Morgan fingerprint density at radius 3 is 2.47 bits per heavy atom. The molecular weight excluding hydrogens is 214 g/mol. The smallest absolute Gasteiger partial charge is 0.231 e. The van der Waals surface area contributed by atoms with Crippen LogP contribution in [0.5, 0.6) is 0 Å². The van der Waals surface area contributed by atoms with Gasteiger partial charge in [0.05, 0.1) is 6.07 Å². The van der Waals surface area contributed by atoms with Crippen molar-refractivity contribution >= 4 is 10.0 Å². The SMILES string of the molecule is CCC(C#N)S(=O)(=O)NN1CCCCC1. The van der Waals surface area contributed by atoms with Crippen LogP contribution >= 0.6 is 0 Å². The molecule has 1 fully saturated rings. The number of nitrogens with one attached hydrogen (secondary N) is 1. The summed E-state index contributed by atoms with van der Waals surface area (Å²) in [6.07, 6.45) is 3.48. The largest absolute Gasteiger partial charge is 0.240 e. The van der Waals surface area contributed by atoms with Crippen molar-refractivity contribution in [3.63, 3.8) is 0 Å². The Morgan fingerprint density at radius 2 is 2.00 bits per heavy atom. The van der Waals surface area contributed by atoms with E-state index in [0.29, 0.717) is 6.42 Å². The fourth-order valence-electron chi connectivity index (χ4n) is 1.61. The van der Waals surface area contributed by atoms with Crippen LogP contribution in [-0.2, 0) is 10.0 Å². The zero-order chi connectivity index (χ0) is 11.3. The Hall–Kier alpha value is -0.640. The van der Waals surface area contributed by atoms with Crippen LogP contribution in [-0.4, -0.2) is 31.8 Å². The first-order valence-electron chi connectivity index (χ1n) is 5.26. The first-order chi connectivity index (χ1) is 7.10. The molecule has 0 bridgehead atoms. The molecule has 1 heterocycles. The van der Waals surface area contributed by atoms with E-state index < -0.39 is 15.3 Å². The fourth-order valence-corrected chi connectivity index (χ4v) is 2.86. The van der Waals surface area contributed by atoms with Crippen LogP contribution < -0.4 is 4.83 Å². The number of hydrazine groups is 1. The molecule has 1 aliphatic heterocycles. The Bertz CT molecular complexity index is 328. The van der Waals surface area contributed by atoms with E-state index >= 15 is 0 Å². The van der Waals surface area contributed by atoms with Crippen molar-refractivity contribution in [3.8, 4) is 6.07 Å². The van der Waals surface area contributed by atoms with Gasteiger partial charge in [0.2, 0.25) is 10.0 Å². The summed E-state index contributed by atoms with van der Waals surface area (Å²) in [5, 5.41) is 9.45. The van der Waals surface area contributed by atoms with E-state index in [0.717, 1.165) is 32.4 Å². The van der Waals surface area contributed by atoms with Crippen LogP contribution in [0.3, 0.4) is 0 Å². The molecule has 0 radical (unpaired) electrons. The Morgan fingerprint density at radius 1 is 1.40 bits per heavy atom. The Balaban J connectivity index is 2.59. The average Bonchev–Trinajstić information content (AvgIpc) is 2.19. The van der Waals surface area contributed by atoms with Gasteiger partial charge in [-0.2, -0.15) is 5.26 Å². The van der Waals surface area contributed by atoms with Crippen molar-refractivity contribution in [1.82, 2.24) is 9.84 Å². The fraction of sp³-hybridized carbons (Fsp3) is 0.889. The molecule has 0 aromatic heterocycles. The minimum Gasteiger partial charge on any atom is -0.231 e. The molecule has 1 aliphatic rings. The first-order valence-corrected chi connectivity index (χ1v) is 6.80. The van der Waals surface area contributed by atoms with Gasteiger partial charge in [-0.25, -0.2) is 13.4 Å². The lowest BCUT2D eigenvalue weighted by Crippen LogP contribution is -2.48. The molecule has 0 aliphatic carbocycles. The third-order valence-corrected chi connectivity index (χ3v) is 4.20. The number of nitriles is 1. The van der Waals surface area contributed by atoms with Crippen molar-refractivity contribution in [3.05, 3.63) is 0 Å². The second kappa shape index (κ2) is 5.45. The molecule has 1 N–H and O–H groups in total. The highest BCUT2D eigenvalue weighted by Gasteiger charge is 2.26. The van der Waals surface area contributed by atoms with E-state index in [-0.39, 0.29) is 0 Å². The van der Waals surface area contributed by atoms with Crippen molar-refractivity contribution in [2.45, 2.75) is 37.9 Å². The maximum absolute atomic E-state index is 11.7. The average molecular weight is 231 g/mol. The molecule has 1 rings (SSSR count). The number of hydrogen-bond donors (Lipinski definition) is 1. The number of hydrogen-bond acceptors (Lipinski definition) is 4. The quantitative estimate of drug-likeness (QED) is 0.769. The number of sulfonamides is 1. The minimum absolute atomic E-state index is 0.319. The zero-order valence-corrected chi connectivity index (χ0v) is 9.76. The monoisotopic (exact) mass is 231 g/mol. The summed E-state index contributed by atoms with van der Waals surface area (Å²) in [5.41, 5.74) is 0. The standard InChI is InChI=1S/C9H17N3O2S/c1-2-9(8-10)15(13,14)11-12-6-4-3-5-7-12/h9,11H,2-7H2,1H3. The van der Waals surface area contributed by atoms with Crippen LogP contribution in [0.25, 0.3) is 0 Å². The first kappa shape index (κ1) is 12.4. The Kier molecular flexibility index (Phi) is 4.51. The van der Waals surface area contributed by atoms with Gasteiger partial charge in [-0.15, -0.1) is 4.83 Å². The predicted molar refractivity (Wildman–Crippen MR) is 57.2 cm³/mol. The molecule has 15 heavy (non-hydrogen) atoms. The molecule has 5 nitrogen and oxygen atoms in total. The number of piperidine rings is 1. The van der Waals surface area contributed by atoms with Crippen LogP contribution in [0.2, 0.25) is 0 Å². The molecule has 0 aromatic rings. The zero-order valence-electron chi connectivity index (χ0n) is 8.94. The van der Waals surface area contributed by atoms with E-state index in [2.05, 4.69) is 4.83 Å². The highest BCUT2D eigenvalue weighted by Crippen LogP contribution is 2.09. The lowest BCUT2D eigenvalue weighted by molar-refractivity contribution is 0.199. The van der Waals surface area contributed by atoms with E-state index in [1.807, 2.05) is 0 Å². The highest BCUT2D eigenvalue weighted by atomic mass is 32.2. The lowest BCUT2D eigenvalue weighted by atomic mass is 10.2. The van der Waals surface area contributed by atoms with Crippen molar-refractivity contribution in [2.24, 2.45) is 0 Å². The summed E-state index contributed by atoms with van der Waals surface area (Å²) in [7, 11) is -3.51. The van der Waals surface area contributed by atoms with Crippen molar-refractivity contribution < 1.29 is 8.42 Å². The third-order valence-electron chi connectivity index (χ3n) is 2.50. The normalized spacial score (nSPS) is 20.8. The maximum Gasteiger partial charge on any atom is 0.240 e. The second-order valence-corrected chi connectivity index (χ2v) is 5.55. The third kappa shape index (κ3) is 3.45. The number of rotatable bonds is 4. The molecule has 0 saturated carbocycles. The topological polar surface area (TPSA) is 73.2 Å². The van der Waals surface area contributed by atoms with Gasteiger partial charge in [0.25, 0.3) is 0 Å². The molecule has 0 amide bonds. The van der Waals surface area contributed by atoms with Gasteiger partial charge in [-0.3, -0.25) is 0 Å². The van der Waals surface area contributed by atoms with Crippen molar-refractivity contribution in [1.29, 1.82) is 5.26 Å². The second-order valence-electron chi connectivity index (χ2n) is 3.71.